The van der Waals surface area contributed by atoms with Crippen LogP contribution in [-0.2, 0) is 10.8 Å². The largest absolute Gasteiger partial charge is 0.508 e. The molecule has 0 aliphatic heterocycles. The number of phenols is 1. The minimum Gasteiger partial charge on any atom is -0.508 e. The normalized spacial score (nSPS) is 15.9. The van der Waals surface area contributed by atoms with Crippen molar-refractivity contribution in [2.24, 2.45) is 0 Å². The summed E-state index contributed by atoms with van der Waals surface area (Å²) in [6.45, 7) is 9.35. The Morgan fingerprint density at radius 1 is 0.500 bits per heavy atom. The maximum Gasteiger partial charge on any atom is 0.115 e. The van der Waals surface area contributed by atoms with E-state index in [-0.39, 0.29) is 16.6 Å². The lowest BCUT2D eigenvalue weighted by atomic mass is 9.82. The monoisotopic (exact) mass is 491 g/mol. The zero-order valence-corrected chi connectivity index (χ0v) is 22.1. The van der Waals surface area contributed by atoms with Gasteiger partial charge in [0.15, 0.2) is 0 Å². The van der Waals surface area contributed by atoms with Crippen LogP contribution in [-0.4, -0.2) is 9.67 Å². The number of aromatic nitrogens is 1. The molecule has 2 aliphatic carbocycles. The third kappa shape index (κ3) is 2.58. The molecule has 0 atom stereocenters. The molecule has 5 aromatic carbocycles. The molecule has 184 valence electrons. The van der Waals surface area contributed by atoms with E-state index in [1.165, 1.54) is 66.3 Å². The highest BCUT2D eigenvalue weighted by molar-refractivity contribution is 6.13. The van der Waals surface area contributed by atoms with Crippen LogP contribution in [0.2, 0.25) is 0 Å². The molecule has 2 nitrogen and oxygen atoms in total. The van der Waals surface area contributed by atoms with Gasteiger partial charge in [-0.1, -0.05) is 76.2 Å². The topological polar surface area (TPSA) is 25.2 Å². The molecule has 0 fully saturated rings. The molecule has 0 saturated heterocycles. The van der Waals surface area contributed by atoms with E-state index in [9.17, 15) is 5.11 Å². The molecule has 1 N–H and O–H groups in total. The third-order valence-corrected chi connectivity index (χ3v) is 9.28. The fraction of sp³-hybridized carbons (Fsp3) is 0.167. The molecule has 2 heteroatoms. The van der Waals surface area contributed by atoms with Gasteiger partial charge in [-0.2, -0.15) is 0 Å². The number of fused-ring (bicyclic) bond motifs is 9. The first-order valence-corrected chi connectivity index (χ1v) is 13.4. The molecule has 0 saturated carbocycles. The van der Waals surface area contributed by atoms with Gasteiger partial charge < -0.3 is 9.67 Å². The number of phenolic OH excluding ortho intramolecular Hbond substituents is 1. The molecule has 0 radical (unpaired) electrons. The molecule has 1 heterocycles. The molecular weight excluding hydrogens is 462 g/mol. The molecule has 6 aromatic rings. The Kier molecular flexibility index (Phi) is 3.99. The van der Waals surface area contributed by atoms with Crippen LogP contribution in [0.5, 0.6) is 5.75 Å². The smallest absolute Gasteiger partial charge is 0.115 e. The zero-order chi connectivity index (χ0) is 26.0. The Balaban J connectivity index is 1.54. The molecule has 0 spiro atoms. The van der Waals surface area contributed by atoms with Crippen LogP contribution in [0.3, 0.4) is 0 Å². The minimum atomic E-state index is -0.0704. The van der Waals surface area contributed by atoms with Crippen LogP contribution in [0.1, 0.15) is 49.9 Å². The van der Waals surface area contributed by atoms with Crippen molar-refractivity contribution in [3.05, 3.63) is 119 Å². The number of nitrogens with zero attached hydrogens (tertiary/aromatic N) is 1. The van der Waals surface area contributed by atoms with E-state index >= 15 is 0 Å². The van der Waals surface area contributed by atoms with E-state index in [0.29, 0.717) is 0 Å². The van der Waals surface area contributed by atoms with Crippen LogP contribution < -0.4 is 0 Å². The van der Waals surface area contributed by atoms with E-state index in [4.69, 9.17) is 0 Å². The first-order valence-electron chi connectivity index (χ1n) is 13.4. The highest BCUT2D eigenvalue weighted by Gasteiger charge is 2.38. The van der Waals surface area contributed by atoms with Crippen molar-refractivity contribution in [2.45, 2.75) is 38.5 Å². The van der Waals surface area contributed by atoms with Gasteiger partial charge in [-0.3, -0.25) is 0 Å². The average Bonchev–Trinajstić information content (AvgIpc) is 3.44. The molecule has 1 aromatic heterocycles. The predicted molar refractivity (Wildman–Crippen MR) is 158 cm³/mol. The van der Waals surface area contributed by atoms with E-state index in [1.807, 2.05) is 12.1 Å². The highest BCUT2D eigenvalue weighted by Crippen LogP contribution is 2.53. The van der Waals surface area contributed by atoms with Gasteiger partial charge in [0.1, 0.15) is 5.75 Å². The molecule has 2 aliphatic rings. The summed E-state index contributed by atoms with van der Waals surface area (Å²) in [7, 11) is 0. The third-order valence-electron chi connectivity index (χ3n) is 9.28. The lowest BCUT2D eigenvalue weighted by molar-refractivity contribution is 0.475. The number of benzene rings is 5. The van der Waals surface area contributed by atoms with Crippen LogP contribution in [0.4, 0.5) is 0 Å². The number of hydrogen-bond donors (Lipinski definition) is 1. The Hall–Kier alpha value is -4.30. The molecule has 0 unspecified atom stereocenters. The number of hydrogen-bond acceptors (Lipinski definition) is 1. The van der Waals surface area contributed by atoms with Crippen LogP contribution in [0, 0.1) is 0 Å². The van der Waals surface area contributed by atoms with E-state index < -0.39 is 0 Å². The summed E-state index contributed by atoms with van der Waals surface area (Å²) in [5.41, 5.74) is 14.2. The van der Waals surface area contributed by atoms with Crippen LogP contribution in [0.25, 0.3) is 49.7 Å². The standard InChI is InChI=1S/C36H29NO/c1-35(2)29-11-7-5-9-23(29)25-17-27-28-18-26-24-10-6-8-12-30(24)36(3,4)32(26)20-34(28)37(33(27)19-31(25)35)21-13-15-22(38)16-14-21/h5-20,38H,1-4H3. The number of rotatable bonds is 1. The SMILES string of the molecule is CC1(C)c2ccccc2-c2cc3c4cc5c(cc4n(-c4ccc(O)cc4)c3cc21)C(C)(C)c1ccccc1-5. The Bertz CT molecular complexity index is 1850. The average molecular weight is 492 g/mol. The molecular formula is C36H29NO. The first-order chi connectivity index (χ1) is 18.3. The van der Waals surface area contributed by atoms with Gasteiger partial charge in [0.05, 0.1) is 11.0 Å². The second kappa shape index (κ2) is 6.96. The quantitative estimate of drug-likeness (QED) is 0.244. The van der Waals surface area contributed by atoms with Crippen molar-refractivity contribution in [3.63, 3.8) is 0 Å². The van der Waals surface area contributed by atoms with Gasteiger partial charge in [-0.25, -0.2) is 0 Å². The zero-order valence-electron chi connectivity index (χ0n) is 22.1. The summed E-state index contributed by atoms with van der Waals surface area (Å²) in [4.78, 5) is 0. The number of aromatic hydroxyl groups is 1. The van der Waals surface area contributed by atoms with Gasteiger partial charge in [0, 0.05) is 27.3 Å². The summed E-state index contributed by atoms with van der Waals surface area (Å²) in [6.07, 6.45) is 0. The maximum atomic E-state index is 10.1. The summed E-state index contributed by atoms with van der Waals surface area (Å²) >= 11 is 0. The maximum absolute atomic E-state index is 10.1. The van der Waals surface area contributed by atoms with Crippen LogP contribution >= 0.6 is 0 Å². The van der Waals surface area contributed by atoms with Crippen molar-refractivity contribution in [2.75, 3.05) is 0 Å². The van der Waals surface area contributed by atoms with Gasteiger partial charge in [-0.05, 0) is 93.0 Å². The van der Waals surface area contributed by atoms with Crippen molar-refractivity contribution < 1.29 is 5.11 Å². The second-order valence-corrected chi connectivity index (χ2v) is 12.0. The van der Waals surface area contributed by atoms with Gasteiger partial charge in [-0.15, -0.1) is 0 Å². The molecule has 0 amide bonds. The van der Waals surface area contributed by atoms with E-state index in [1.54, 1.807) is 12.1 Å². The lowest BCUT2D eigenvalue weighted by Gasteiger charge is -2.22. The Morgan fingerprint density at radius 2 is 0.947 bits per heavy atom. The van der Waals surface area contributed by atoms with E-state index in [0.717, 1.165) is 5.69 Å². The summed E-state index contributed by atoms with van der Waals surface area (Å²) < 4.78 is 2.39. The fourth-order valence-corrected chi connectivity index (χ4v) is 7.28. The predicted octanol–water partition coefficient (Wildman–Crippen LogP) is 9.10. The minimum absolute atomic E-state index is 0.0704. The molecule has 8 rings (SSSR count). The summed E-state index contributed by atoms with van der Waals surface area (Å²) in [6, 6.07) is 35.0. The van der Waals surface area contributed by atoms with Gasteiger partial charge in [0.25, 0.3) is 0 Å². The second-order valence-electron chi connectivity index (χ2n) is 12.0. The molecule has 38 heavy (non-hydrogen) atoms. The lowest BCUT2D eigenvalue weighted by Crippen LogP contribution is -2.15. The van der Waals surface area contributed by atoms with Crippen molar-refractivity contribution in [1.82, 2.24) is 4.57 Å². The van der Waals surface area contributed by atoms with Crippen molar-refractivity contribution in [1.29, 1.82) is 0 Å². The van der Waals surface area contributed by atoms with Gasteiger partial charge in [0.2, 0.25) is 0 Å². The fourth-order valence-electron chi connectivity index (χ4n) is 7.28. The first kappa shape index (κ1) is 21.8. The highest BCUT2D eigenvalue weighted by atomic mass is 16.3. The Labute approximate surface area is 222 Å². The summed E-state index contributed by atoms with van der Waals surface area (Å²) in [5, 5.41) is 12.6. The van der Waals surface area contributed by atoms with E-state index in [2.05, 4.69) is 105 Å². The van der Waals surface area contributed by atoms with Gasteiger partial charge >= 0.3 is 0 Å². The van der Waals surface area contributed by atoms with Crippen molar-refractivity contribution >= 4 is 21.8 Å². The molecule has 0 bridgehead atoms. The Morgan fingerprint density at radius 3 is 1.42 bits per heavy atom. The van der Waals surface area contributed by atoms with Crippen molar-refractivity contribution in [3.8, 4) is 33.7 Å². The van der Waals surface area contributed by atoms with Crippen LogP contribution in [0.15, 0.2) is 97.1 Å². The summed E-state index contributed by atoms with van der Waals surface area (Å²) in [5.74, 6) is 0.282.